The van der Waals surface area contributed by atoms with Crippen molar-refractivity contribution in [1.82, 2.24) is 15.6 Å². The summed E-state index contributed by atoms with van der Waals surface area (Å²) >= 11 is 0. The van der Waals surface area contributed by atoms with Crippen LogP contribution >= 0.6 is 0 Å². The smallest absolute Gasteiger partial charge is 0.290 e. The number of hydrogen-bond donors (Lipinski definition) is 3. The largest absolute Gasteiger partial charge is 0.362 e. The quantitative estimate of drug-likeness (QED) is 0.620. The van der Waals surface area contributed by atoms with Crippen LogP contribution in [-0.2, 0) is 14.4 Å². The summed E-state index contributed by atoms with van der Waals surface area (Å²) in [6.45, 7) is 4.74. The molecule has 1 fully saturated rings. The van der Waals surface area contributed by atoms with E-state index in [1.807, 2.05) is 6.07 Å². The molecule has 1 atom stereocenters. The molecule has 1 aliphatic carbocycles. The van der Waals surface area contributed by atoms with Gasteiger partial charge in [0.1, 0.15) is 0 Å². The molecule has 0 aromatic carbocycles. The molecule has 2 aliphatic heterocycles. The highest BCUT2D eigenvalue weighted by Crippen LogP contribution is 2.40. The average Bonchev–Trinajstić information content (AvgIpc) is 3.23. The van der Waals surface area contributed by atoms with Crippen molar-refractivity contribution in [2.24, 2.45) is 10.4 Å². The monoisotopic (exact) mass is 434 g/mol. The number of amidine groups is 1. The van der Waals surface area contributed by atoms with Crippen molar-refractivity contribution in [2.75, 3.05) is 11.9 Å². The zero-order valence-electron chi connectivity index (χ0n) is 18.2. The zero-order chi connectivity index (χ0) is 22.9. The van der Waals surface area contributed by atoms with Gasteiger partial charge in [0.15, 0.2) is 11.9 Å². The summed E-state index contributed by atoms with van der Waals surface area (Å²) < 4.78 is 0. The van der Waals surface area contributed by atoms with Gasteiger partial charge in [-0.15, -0.1) is 0 Å². The van der Waals surface area contributed by atoms with Crippen LogP contribution in [0.25, 0.3) is 5.57 Å². The van der Waals surface area contributed by atoms with Crippen LogP contribution in [0, 0.1) is 16.7 Å². The van der Waals surface area contributed by atoms with Gasteiger partial charge in [-0.2, -0.15) is 5.26 Å². The number of nitriles is 1. The Morgan fingerprint density at radius 1 is 1.25 bits per heavy atom. The first kappa shape index (κ1) is 21.7. The Morgan fingerprint density at radius 2 is 2.00 bits per heavy atom. The topological polar surface area (TPSA) is 136 Å². The summed E-state index contributed by atoms with van der Waals surface area (Å²) in [6.07, 6.45) is 5.25. The van der Waals surface area contributed by atoms with E-state index in [1.54, 1.807) is 12.1 Å². The van der Waals surface area contributed by atoms with Crippen molar-refractivity contribution >= 4 is 34.8 Å². The van der Waals surface area contributed by atoms with Gasteiger partial charge in [0.2, 0.25) is 11.8 Å². The molecule has 0 saturated carbocycles. The van der Waals surface area contributed by atoms with Crippen LogP contribution < -0.4 is 16.0 Å². The number of rotatable bonds is 4. The zero-order valence-corrected chi connectivity index (χ0v) is 18.2. The number of hydrogen-bond acceptors (Lipinski definition) is 7. The van der Waals surface area contributed by atoms with Crippen molar-refractivity contribution in [2.45, 2.75) is 57.9 Å². The standard InChI is InChI=1S/C23H26N6O3/c1-23(2)7-5-13(6-8-23)20-17(28-22(32)21-25-12-15(11-24)26-21)4-3-16(27-20)14-9-18(30)29-19(31)10-14/h3-5,14-15H,6-10,12H2,1-2H3,(H,25,26)(H,28,32)(H,29,30,31). The maximum absolute atomic E-state index is 12.7. The third-order valence-electron chi connectivity index (χ3n) is 6.11. The van der Waals surface area contributed by atoms with Gasteiger partial charge in [0, 0.05) is 24.5 Å². The summed E-state index contributed by atoms with van der Waals surface area (Å²) in [5, 5.41) is 17.1. The lowest BCUT2D eigenvalue weighted by atomic mass is 9.77. The molecule has 3 aliphatic rings. The number of aromatic nitrogens is 1. The van der Waals surface area contributed by atoms with E-state index in [0.717, 1.165) is 24.8 Å². The lowest BCUT2D eigenvalue weighted by Gasteiger charge is -2.29. The van der Waals surface area contributed by atoms with Crippen LogP contribution in [0.15, 0.2) is 23.2 Å². The van der Waals surface area contributed by atoms with Crippen molar-refractivity contribution < 1.29 is 14.4 Å². The van der Waals surface area contributed by atoms with Gasteiger partial charge in [-0.1, -0.05) is 19.9 Å². The molecule has 0 bridgehead atoms. The second kappa shape index (κ2) is 8.54. The molecule has 0 spiro atoms. The van der Waals surface area contributed by atoms with E-state index in [4.69, 9.17) is 10.2 Å². The second-order valence-electron chi connectivity index (χ2n) is 9.26. The van der Waals surface area contributed by atoms with E-state index in [9.17, 15) is 14.4 Å². The maximum atomic E-state index is 12.7. The van der Waals surface area contributed by atoms with E-state index in [1.165, 1.54) is 0 Å². The Balaban J connectivity index is 1.66. The van der Waals surface area contributed by atoms with Crippen LogP contribution in [0.4, 0.5) is 5.69 Å². The first-order chi connectivity index (χ1) is 15.2. The predicted octanol–water partition coefficient (Wildman–Crippen LogP) is 2.03. The minimum atomic E-state index is -0.575. The molecule has 3 amide bonds. The van der Waals surface area contributed by atoms with Crippen LogP contribution in [0.3, 0.4) is 0 Å². The van der Waals surface area contributed by atoms with Crippen molar-refractivity contribution in [3.8, 4) is 6.07 Å². The number of piperidine rings is 1. The molecule has 3 heterocycles. The SMILES string of the molecule is CC1(C)CC=C(c2nc(C3CC(=O)NC(=O)C3)ccc2NC(=O)C2=NC(C#N)CN2)CC1. The number of aliphatic imine (C=N–C) groups is 1. The number of anilines is 1. The number of imide groups is 1. The normalized spacial score (nSPS) is 22.8. The van der Waals surface area contributed by atoms with Gasteiger partial charge in [0.25, 0.3) is 5.91 Å². The minimum Gasteiger partial charge on any atom is -0.362 e. The number of nitrogens with one attached hydrogen (secondary N) is 3. The van der Waals surface area contributed by atoms with Crippen molar-refractivity contribution in [3.63, 3.8) is 0 Å². The van der Waals surface area contributed by atoms with Gasteiger partial charge >= 0.3 is 0 Å². The molecular weight excluding hydrogens is 408 g/mol. The minimum absolute atomic E-state index is 0.125. The lowest BCUT2D eigenvalue weighted by Crippen LogP contribution is -2.38. The number of nitrogens with zero attached hydrogens (tertiary/aromatic N) is 3. The van der Waals surface area contributed by atoms with Crippen LogP contribution in [0.2, 0.25) is 0 Å². The molecule has 166 valence electrons. The Bertz CT molecular complexity index is 1070. The van der Waals surface area contributed by atoms with Gasteiger partial charge < -0.3 is 10.6 Å². The summed E-state index contributed by atoms with van der Waals surface area (Å²) in [4.78, 5) is 45.3. The molecule has 1 unspecified atom stereocenters. The van der Waals surface area contributed by atoms with E-state index in [0.29, 0.717) is 23.6 Å². The van der Waals surface area contributed by atoms with Gasteiger partial charge in [-0.25, -0.2) is 4.99 Å². The Kier molecular flexibility index (Phi) is 5.78. The Morgan fingerprint density at radius 3 is 2.62 bits per heavy atom. The Hall–Kier alpha value is -3.54. The highest BCUT2D eigenvalue weighted by Gasteiger charge is 2.30. The average molecular weight is 435 g/mol. The number of amides is 3. The van der Waals surface area contributed by atoms with E-state index in [-0.39, 0.29) is 41.8 Å². The number of allylic oxidation sites excluding steroid dienone is 2. The first-order valence-electron chi connectivity index (χ1n) is 10.8. The molecule has 0 radical (unpaired) electrons. The second-order valence-corrected chi connectivity index (χ2v) is 9.26. The fourth-order valence-electron chi connectivity index (χ4n) is 4.16. The maximum Gasteiger partial charge on any atom is 0.290 e. The van der Waals surface area contributed by atoms with E-state index < -0.39 is 11.9 Å². The van der Waals surface area contributed by atoms with Gasteiger partial charge in [0.05, 0.1) is 24.0 Å². The molecular formula is C23H26N6O3. The molecule has 4 rings (SSSR count). The summed E-state index contributed by atoms with van der Waals surface area (Å²) in [7, 11) is 0. The van der Waals surface area contributed by atoms with Crippen molar-refractivity contribution in [1.29, 1.82) is 5.26 Å². The van der Waals surface area contributed by atoms with Crippen molar-refractivity contribution in [3.05, 3.63) is 29.6 Å². The van der Waals surface area contributed by atoms with E-state index in [2.05, 4.69) is 40.9 Å². The summed E-state index contributed by atoms with van der Waals surface area (Å²) in [5.74, 6) is -1.20. The lowest BCUT2D eigenvalue weighted by molar-refractivity contribution is -0.133. The van der Waals surface area contributed by atoms with Crippen LogP contribution in [-0.4, -0.2) is 41.1 Å². The molecule has 9 nitrogen and oxygen atoms in total. The fourth-order valence-corrected chi connectivity index (χ4v) is 4.16. The van der Waals surface area contributed by atoms with Gasteiger partial charge in [-0.3, -0.25) is 24.7 Å². The number of pyridine rings is 1. The van der Waals surface area contributed by atoms with Gasteiger partial charge in [-0.05, 0) is 42.4 Å². The van der Waals surface area contributed by atoms with Crippen LogP contribution in [0.5, 0.6) is 0 Å². The molecule has 1 aromatic heterocycles. The molecule has 1 aromatic rings. The number of carbonyl (C=O) groups is 3. The predicted molar refractivity (Wildman–Crippen MR) is 118 cm³/mol. The highest BCUT2D eigenvalue weighted by molar-refractivity contribution is 6.42. The number of carbonyl (C=O) groups excluding carboxylic acids is 3. The van der Waals surface area contributed by atoms with E-state index >= 15 is 0 Å². The summed E-state index contributed by atoms with van der Waals surface area (Å²) in [6, 6.07) is 4.97. The third kappa shape index (κ3) is 4.69. The fraction of sp³-hybridized carbons (Fsp3) is 0.478. The summed E-state index contributed by atoms with van der Waals surface area (Å²) in [5.41, 5.74) is 3.09. The molecule has 9 heteroatoms. The molecule has 1 saturated heterocycles. The van der Waals surface area contributed by atoms with Crippen LogP contribution in [0.1, 0.15) is 63.3 Å². The third-order valence-corrected chi connectivity index (χ3v) is 6.11. The first-order valence-corrected chi connectivity index (χ1v) is 10.8. The Labute approximate surface area is 186 Å². The molecule has 32 heavy (non-hydrogen) atoms. The highest BCUT2D eigenvalue weighted by atomic mass is 16.2. The molecule has 3 N–H and O–H groups in total.